The third kappa shape index (κ3) is 0.542. The summed E-state index contributed by atoms with van der Waals surface area (Å²) in [7, 11) is 0. The number of aryl methyl sites for hydroxylation is 1. The van der Waals surface area contributed by atoms with Crippen molar-refractivity contribution in [2.45, 2.75) is 19.4 Å². The van der Waals surface area contributed by atoms with Crippen LogP contribution in [0.5, 0.6) is 5.88 Å². The standard InChI is InChI=1S/C6H8N2O/c9-6-4-7-5-2-1-3-8(5)6/h4,9H,1-3H2. The van der Waals surface area contributed by atoms with Crippen molar-refractivity contribution in [1.82, 2.24) is 9.55 Å². The average molecular weight is 124 g/mol. The lowest BCUT2D eigenvalue weighted by atomic mass is 10.4. The van der Waals surface area contributed by atoms with Crippen molar-refractivity contribution in [2.75, 3.05) is 0 Å². The van der Waals surface area contributed by atoms with Crippen LogP contribution in [0.25, 0.3) is 0 Å². The molecule has 9 heavy (non-hydrogen) atoms. The average Bonchev–Trinajstić information content (AvgIpc) is 2.35. The quantitative estimate of drug-likeness (QED) is 0.548. The van der Waals surface area contributed by atoms with Gasteiger partial charge in [0, 0.05) is 13.0 Å². The molecule has 3 heteroatoms. The van der Waals surface area contributed by atoms with Crippen LogP contribution in [0.1, 0.15) is 12.2 Å². The Hall–Kier alpha value is -0.990. The predicted molar refractivity (Wildman–Crippen MR) is 32.2 cm³/mol. The monoisotopic (exact) mass is 124 g/mol. The van der Waals surface area contributed by atoms with Gasteiger partial charge in [-0.1, -0.05) is 0 Å². The molecular weight excluding hydrogens is 116 g/mol. The zero-order valence-corrected chi connectivity index (χ0v) is 5.04. The lowest BCUT2D eigenvalue weighted by Gasteiger charge is -1.93. The van der Waals surface area contributed by atoms with Gasteiger partial charge in [-0.05, 0) is 6.42 Å². The summed E-state index contributed by atoms with van der Waals surface area (Å²) >= 11 is 0. The Labute approximate surface area is 53.0 Å². The van der Waals surface area contributed by atoms with Gasteiger partial charge in [-0.25, -0.2) is 4.98 Å². The lowest BCUT2D eigenvalue weighted by Crippen LogP contribution is -1.89. The Morgan fingerprint density at radius 3 is 3.33 bits per heavy atom. The van der Waals surface area contributed by atoms with E-state index in [1.807, 2.05) is 4.57 Å². The van der Waals surface area contributed by atoms with E-state index in [9.17, 15) is 0 Å². The van der Waals surface area contributed by atoms with Crippen LogP contribution in [-0.4, -0.2) is 14.7 Å². The molecule has 3 nitrogen and oxygen atoms in total. The maximum Gasteiger partial charge on any atom is 0.211 e. The minimum Gasteiger partial charge on any atom is -0.493 e. The molecule has 0 saturated carbocycles. The highest BCUT2D eigenvalue weighted by Gasteiger charge is 2.13. The zero-order chi connectivity index (χ0) is 6.27. The van der Waals surface area contributed by atoms with Crippen molar-refractivity contribution < 1.29 is 5.11 Å². The molecule has 0 bridgehead atoms. The van der Waals surface area contributed by atoms with Crippen molar-refractivity contribution >= 4 is 0 Å². The summed E-state index contributed by atoms with van der Waals surface area (Å²) in [4.78, 5) is 4.01. The van der Waals surface area contributed by atoms with Gasteiger partial charge in [0.2, 0.25) is 5.88 Å². The third-order valence-corrected chi connectivity index (χ3v) is 1.70. The molecule has 1 aromatic heterocycles. The molecule has 1 aromatic rings. The summed E-state index contributed by atoms with van der Waals surface area (Å²) in [6.45, 7) is 0.932. The summed E-state index contributed by atoms with van der Waals surface area (Å²) in [6, 6.07) is 0. The summed E-state index contributed by atoms with van der Waals surface area (Å²) in [5, 5.41) is 9.07. The van der Waals surface area contributed by atoms with Crippen LogP contribution in [0, 0.1) is 0 Å². The van der Waals surface area contributed by atoms with E-state index in [1.165, 1.54) is 6.20 Å². The Bertz CT molecular complexity index is 229. The van der Waals surface area contributed by atoms with Crippen molar-refractivity contribution in [3.05, 3.63) is 12.0 Å². The lowest BCUT2D eigenvalue weighted by molar-refractivity contribution is 0.422. The molecule has 0 spiro atoms. The zero-order valence-electron chi connectivity index (χ0n) is 5.04. The Morgan fingerprint density at radius 2 is 2.56 bits per heavy atom. The molecule has 0 atom stereocenters. The maximum absolute atomic E-state index is 9.07. The van der Waals surface area contributed by atoms with E-state index in [0.29, 0.717) is 5.88 Å². The van der Waals surface area contributed by atoms with Gasteiger partial charge in [0.25, 0.3) is 0 Å². The molecule has 0 unspecified atom stereocenters. The largest absolute Gasteiger partial charge is 0.493 e. The summed E-state index contributed by atoms with van der Waals surface area (Å²) in [5.74, 6) is 1.33. The molecule has 1 aliphatic rings. The van der Waals surface area contributed by atoms with Gasteiger partial charge in [-0.3, -0.25) is 4.57 Å². The number of aromatic nitrogens is 2. The van der Waals surface area contributed by atoms with Gasteiger partial charge < -0.3 is 5.11 Å². The molecule has 1 aliphatic heterocycles. The fraction of sp³-hybridized carbons (Fsp3) is 0.500. The molecule has 48 valence electrons. The fourth-order valence-corrected chi connectivity index (χ4v) is 1.24. The smallest absolute Gasteiger partial charge is 0.211 e. The van der Waals surface area contributed by atoms with Crippen LogP contribution < -0.4 is 0 Å². The van der Waals surface area contributed by atoms with E-state index < -0.39 is 0 Å². The summed E-state index contributed by atoms with van der Waals surface area (Å²) in [6.07, 6.45) is 3.64. The first-order valence-corrected chi connectivity index (χ1v) is 3.11. The molecule has 2 heterocycles. The van der Waals surface area contributed by atoms with Crippen LogP contribution >= 0.6 is 0 Å². The second-order valence-corrected chi connectivity index (χ2v) is 2.29. The molecule has 0 aromatic carbocycles. The van der Waals surface area contributed by atoms with Crippen molar-refractivity contribution in [2.24, 2.45) is 0 Å². The minimum absolute atomic E-state index is 0.308. The highest BCUT2D eigenvalue weighted by Crippen LogP contribution is 2.19. The second kappa shape index (κ2) is 1.50. The van der Waals surface area contributed by atoms with E-state index in [-0.39, 0.29) is 0 Å². The first-order chi connectivity index (χ1) is 4.38. The van der Waals surface area contributed by atoms with Crippen molar-refractivity contribution in [3.63, 3.8) is 0 Å². The van der Waals surface area contributed by atoms with Gasteiger partial charge in [0.05, 0.1) is 6.20 Å². The van der Waals surface area contributed by atoms with Crippen LogP contribution in [0.3, 0.4) is 0 Å². The van der Waals surface area contributed by atoms with E-state index in [1.54, 1.807) is 0 Å². The number of imidazole rings is 1. The molecule has 0 amide bonds. The number of hydrogen-bond donors (Lipinski definition) is 1. The highest BCUT2D eigenvalue weighted by molar-refractivity contribution is 5.12. The van der Waals surface area contributed by atoms with Crippen LogP contribution in [-0.2, 0) is 13.0 Å². The van der Waals surface area contributed by atoms with E-state index in [4.69, 9.17) is 5.11 Å². The molecule has 0 radical (unpaired) electrons. The maximum atomic E-state index is 9.07. The molecule has 1 N–H and O–H groups in total. The van der Waals surface area contributed by atoms with E-state index in [2.05, 4.69) is 4.98 Å². The molecule has 0 fully saturated rings. The Morgan fingerprint density at radius 1 is 1.67 bits per heavy atom. The summed E-state index contributed by atoms with van der Waals surface area (Å²) < 4.78 is 1.85. The Balaban J connectivity index is 2.56. The van der Waals surface area contributed by atoms with Gasteiger partial charge in [-0.15, -0.1) is 0 Å². The van der Waals surface area contributed by atoms with Crippen LogP contribution in [0.2, 0.25) is 0 Å². The molecule has 0 aliphatic carbocycles. The Kier molecular flexibility index (Phi) is 0.806. The highest BCUT2D eigenvalue weighted by atomic mass is 16.3. The summed E-state index contributed by atoms with van der Waals surface area (Å²) in [5.41, 5.74) is 0. The number of hydrogen-bond acceptors (Lipinski definition) is 2. The number of aromatic hydroxyl groups is 1. The van der Waals surface area contributed by atoms with Gasteiger partial charge in [0.1, 0.15) is 5.82 Å². The third-order valence-electron chi connectivity index (χ3n) is 1.70. The van der Waals surface area contributed by atoms with Crippen molar-refractivity contribution in [3.8, 4) is 5.88 Å². The normalized spacial score (nSPS) is 16.0. The van der Waals surface area contributed by atoms with Crippen LogP contribution in [0.15, 0.2) is 6.20 Å². The van der Waals surface area contributed by atoms with Crippen LogP contribution in [0.4, 0.5) is 0 Å². The van der Waals surface area contributed by atoms with Gasteiger partial charge in [0.15, 0.2) is 0 Å². The first-order valence-electron chi connectivity index (χ1n) is 3.11. The minimum atomic E-state index is 0.308. The van der Waals surface area contributed by atoms with Crippen molar-refractivity contribution in [1.29, 1.82) is 0 Å². The van der Waals surface area contributed by atoms with E-state index >= 15 is 0 Å². The second-order valence-electron chi connectivity index (χ2n) is 2.29. The molecule has 2 rings (SSSR count). The fourth-order valence-electron chi connectivity index (χ4n) is 1.24. The SMILES string of the molecule is Oc1cnc2n1CCC2. The number of rotatable bonds is 0. The predicted octanol–water partition coefficient (Wildman–Crippen LogP) is 0.535. The number of nitrogens with zero attached hydrogens (tertiary/aromatic N) is 2. The molecular formula is C6H8N2O. The van der Waals surface area contributed by atoms with Gasteiger partial charge >= 0.3 is 0 Å². The number of fused-ring (bicyclic) bond motifs is 1. The topological polar surface area (TPSA) is 38.1 Å². The van der Waals surface area contributed by atoms with Gasteiger partial charge in [-0.2, -0.15) is 0 Å². The molecule has 0 saturated heterocycles. The first kappa shape index (κ1) is 4.85. The van der Waals surface area contributed by atoms with E-state index in [0.717, 1.165) is 25.2 Å².